The smallest absolute Gasteiger partial charge is 0.345 e. The minimum Gasteiger partial charge on any atom is -0.478 e. The Morgan fingerprint density at radius 2 is 1.26 bits per heavy atom. The van der Waals surface area contributed by atoms with Crippen molar-refractivity contribution in [3.63, 3.8) is 0 Å². The summed E-state index contributed by atoms with van der Waals surface area (Å²) >= 11 is 0. The van der Waals surface area contributed by atoms with Crippen LogP contribution in [0.2, 0.25) is 0 Å². The number of rotatable bonds is 21. The Labute approximate surface area is 187 Å². The molecule has 3 atom stereocenters. The van der Waals surface area contributed by atoms with E-state index in [9.17, 15) is 19.5 Å². The molecule has 0 aromatic carbocycles. The molecule has 0 aromatic heterocycles. The van der Waals surface area contributed by atoms with Gasteiger partial charge >= 0.3 is 11.9 Å². The lowest BCUT2D eigenvalue weighted by Gasteiger charge is -2.14. The monoisotopic (exact) mass is 444 g/mol. The first-order valence-corrected chi connectivity index (χ1v) is 12.1. The zero-order valence-electron chi connectivity index (χ0n) is 19.5. The number of carbonyl (C=O) groups is 3. The van der Waals surface area contributed by atoms with Crippen molar-refractivity contribution in [2.45, 2.75) is 135 Å². The van der Waals surface area contributed by atoms with Crippen LogP contribution in [0.15, 0.2) is 0 Å². The molecule has 3 N–H and O–H groups in total. The standard InChI is InChI=1S/C24H44O7/c1-3-4-5-12-15-20(26)16-13-10-8-6-7-9-11-14-17-21(27)18-22(23(28)29)31-24(30)19(2)25/h19-20,22,25-26H,3-18H2,1-2H3,(H,28,29). The number of hydrogen-bond donors (Lipinski definition) is 3. The number of carboxylic acid groups (broad SMARTS) is 1. The average molecular weight is 445 g/mol. The number of ether oxygens (including phenoxy) is 1. The fraction of sp³-hybridized carbons (Fsp3) is 0.875. The Morgan fingerprint density at radius 3 is 1.74 bits per heavy atom. The molecule has 0 amide bonds. The van der Waals surface area contributed by atoms with E-state index in [0.717, 1.165) is 64.2 Å². The number of aliphatic hydroxyl groups excluding tert-OH is 2. The third-order valence-electron chi connectivity index (χ3n) is 5.42. The van der Waals surface area contributed by atoms with Crippen LogP contribution < -0.4 is 0 Å². The van der Waals surface area contributed by atoms with Crippen LogP contribution >= 0.6 is 0 Å². The molecule has 0 radical (unpaired) electrons. The first-order valence-electron chi connectivity index (χ1n) is 12.1. The summed E-state index contributed by atoms with van der Waals surface area (Å²) in [5, 5.41) is 28.1. The van der Waals surface area contributed by atoms with E-state index in [0.29, 0.717) is 6.42 Å². The van der Waals surface area contributed by atoms with Crippen LogP contribution in [0.25, 0.3) is 0 Å². The van der Waals surface area contributed by atoms with Crippen LogP contribution in [0.1, 0.15) is 117 Å². The van der Waals surface area contributed by atoms with Crippen molar-refractivity contribution in [3.05, 3.63) is 0 Å². The highest BCUT2D eigenvalue weighted by Crippen LogP contribution is 2.15. The van der Waals surface area contributed by atoms with E-state index < -0.39 is 24.1 Å². The van der Waals surface area contributed by atoms with Gasteiger partial charge in [0.25, 0.3) is 0 Å². The van der Waals surface area contributed by atoms with Crippen LogP contribution in [-0.2, 0) is 19.1 Å². The number of carboxylic acids is 1. The van der Waals surface area contributed by atoms with Gasteiger partial charge in [-0.1, -0.05) is 77.6 Å². The molecule has 0 spiro atoms. The lowest BCUT2D eigenvalue weighted by molar-refractivity contribution is -0.170. The molecule has 7 heteroatoms. The fourth-order valence-corrected chi connectivity index (χ4v) is 3.44. The maximum Gasteiger partial charge on any atom is 0.345 e. The van der Waals surface area contributed by atoms with E-state index in [4.69, 9.17) is 10.2 Å². The van der Waals surface area contributed by atoms with Crippen molar-refractivity contribution >= 4 is 17.7 Å². The molecular formula is C24H44O7. The highest BCUT2D eigenvalue weighted by Gasteiger charge is 2.26. The minimum atomic E-state index is -1.54. The summed E-state index contributed by atoms with van der Waals surface area (Å²) in [6, 6.07) is 0. The molecule has 0 bridgehead atoms. The SMILES string of the molecule is CCCCCCC(O)CCCCCCCCCCC(=O)CC(OC(=O)C(C)O)C(=O)O. The van der Waals surface area contributed by atoms with Crippen molar-refractivity contribution in [3.8, 4) is 0 Å². The average Bonchev–Trinajstić information content (AvgIpc) is 2.71. The van der Waals surface area contributed by atoms with E-state index in [1.54, 1.807) is 0 Å². The van der Waals surface area contributed by atoms with E-state index in [1.165, 1.54) is 26.2 Å². The van der Waals surface area contributed by atoms with E-state index in [-0.39, 0.29) is 24.7 Å². The largest absolute Gasteiger partial charge is 0.478 e. The fourth-order valence-electron chi connectivity index (χ4n) is 3.44. The molecule has 0 saturated heterocycles. The molecular weight excluding hydrogens is 400 g/mol. The van der Waals surface area contributed by atoms with Gasteiger partial charge in [-0.15, -0.1) is 0 Å². The predicted octanol–water partition coefficient (Wildman–Crippen LogP) is 4.56. The molecule has 0 rings (SSSR count). The Hall–Kier alpha value is -1.47. The Balaban J connectivity index is 3.64. The summed E-state index contributed by atoms with van der Waals surface area (Å²) in [5.41, 5.74) is 0. The van der Waals surface area contributed by atoms with Gasteiger partial charge in [0.2, 0.25) is 6.10 Å². The summed E-state index contributed by atoms with van der Waals surface area (Å²) < 4.78 is 4.65. The second-order valence-corrected chi connectivity index (χ2v) is 8.55. The van der Waals surface area contributed by atoms with Gasteiger partial charge in [-0.3, -0.25) is 4.79 Å². The van der Waals surface area contributed by atoms with Gasteiger partial charge in [0.15, 0.2) is 0 Å². The first-order chi connectivity index (χ1) is 14.8. The highest BCUT2D eigenvalue weighted by atomic mass is 16.6. The molecule has 0 aliphatic heterocycles. The number of esters is 1. The summed E-state index contributed by atoms with van der Waals surface area (Å²) in [7, 11) is 0. The van der Waals surface area contributed by atoms with Crippen LogP contribution in [0.3, 0.4) is 0 Å². The molecule has 7 nitrogen and oxygen atoms in total. The Kier molecular flexibility index (Phi) is 18.3. The molecule has 0 aliphatic carbocycles. The lowest BCUT2D eigenvalue weighted by atomic mass is 10.0. The molecule has 0 aliphatic rings. The van der Waals surface area contributed by atoms with Crippen LogP contribution in [-0.4, -0.2) is 51.4 Å². The maximum atomic E-state index is 11.9. The Morgan fingerprint density at radius 1 is 0.774 bits per heavy atom. The zero-order chi connectivity index (χ0) is 23.5. The predicted molar refractivity (Wildman–Crippen MR) is 120 cm³/mol. The van der Waals surface area contributed by atoms with Crippen LogP contribution in [0.4, 0.5) is 0 Å². The number of ketones is 1. The third kappa shape index (κ3) is 17.9. The van der Waals surface area contributed by atoms with Gasteiger partial charge < -0.3 is 20.1 Å². The number of unbranched alkanes of at least 4 members (excludes halogenated alkanes) is 10. The van der Waals surface area contributed by atoms with Gasteiger partial charge in [0.05, 0.1) is 12.5 Å². The molecule has 3 unspecified atom stereocenters. The number of aliphatic hydroxyl groups is 2. The lowest BCUT2D eigenvalue weighted by Crippen LogP contribution is -2.33. The van der Waals surface area contributed by atoms with Crippen LogP contribution in [0.5, 0.6) is 0 Å². The van der Waals surface area contributed by atoms with Gasteiger partial charge in [0, 0.05) is 6.42 Å². The normalized spacial score (nSPS) is 14.1. The van der Waals surface area contributed by atoms with Crippen molar-refractivity contribution in [2.75, 3.05) is 0 Å². The molecule has 0 heterocycles. The Bertz CT molecular complexity index is 490. The van der Waals surface area contributed by atoms with Crippen molar-refractivity contribution in [1.82, 2.24) is 0 Å². The molecule has 182 valence electrons. The molecule has 31 heavy (non-hydrogen) atoms. The summed E-state index contributed by atoms with van der Waals surface area (Å²) in [6.07, 6.45) is 11.7. The second-order valence-electron chi connectivity index (χ2n) is 8.55. The quantitative estimate of drug-likeness (QED) is 0.175. The number of hydrogen-bond acceptors (Lipinski definition) is 6. The summed E-state index contributed by atoms with van der Waals surface area (Å²) in [5.74, 6) is -2.67. The second kappa shape index (κ2) is 19.2. The van der Waals surface area contributed by atoms with Crippen molar-refractivity contribution in [1.29, 1.82) is 0 Å². The molecule has 0 fully saturated rings. The summed E-state index contributed by atoms with van der Waals surface area (Å²) in [6.45, 7) is 3.37. The van der Waals surface area contributed by atoms with E-state index in [1.807, 2.05) is 0 Å². The number of carbonyl (C=O) groups excluding carboxylic acids is 2. The van der Waals surface area contributed by atoms with Gasteiger partial charge in [-0.2, -0.15) is 0 Å². The van der Waals surface area contributed by atoms with E-state index >= 15 is 0 Å². The van der Waals surface area contributed by atoms with Crippen LogP contribution in [0, 0.1) is 0 Å². The van der Waals surface area contributed by atoms with Crippen molar-refractivity contribution < 1.29 is 34.4 Å². The first kappa shape index (κ1) is 29.5. The van der Waals surface area contributed by atoms with Gasteiger partial charge in [-0.25, -0.2) is 9.59 Å². The van der Waals surface area contributed by atoms with Crippen molar-refractivity contribution in [2.24, 2.45) is 0 Å². The number of aliphatic carboxylic acids is 1. The zero-order valence-corrected chi connectivity index (χ0v) is 19.5. The van der Waals surface area contributed by atoms with Gasteiger partial charge in [-0.05, 0) is 26.2 Å². The topological polar surface area (TPSA) is 121 Å². The minimum absolute atomic E-state index is 0.148. The summed E-state index contributed by atoms with van der Waals surface area (Å²) in [4.78, 5) is 34.3. The van der Waals surface area contributed by atoms with Gasteiger partial charge in [0.1, 0.15) is 11.9 Å². The number of Topliss-reactive ketones (excluding diaryl/α,β-unsaturated/α-hetero) is 1. The van der Waals surface area contributed by atoms with E-state index in [2.05, 4.69) is 11.7 Å². The maximum absolute atomic E-state index is 11.9. The third-order valence-corrected chi connectivity index (χ3v) is 5.42. The molecule has 0 aromatic rings. The highest BCUT2D eigenvalue weighted by molar-refractivity contribution is 5.87. The molecule has 0 saturated carbocycles.